The van der Waals surface area contributed by atoms with E-state index in [0.717, 1.165) is 17.8 Å². The van der Waals surface area contributed by atoms with E-state index in [0.29, 0.717) is 0 Å². The Labute approximate surface area is 77.1 Å². The maximum Gasteiger partial charge on any atom is 0.00127 e. The topological polar surface area (TPSA) is 3.24 Å². The molecule has 0 unspecified atom stereocenters. The van der Waals surface area contributed by atoms with Crippen LogP contribution in [0.15, 0.2) is 0 Å². The molecule has 0 aromatic heterocycles. The third-order valence-electron chi connectivity index (χ3n) is 2.87. The minimum Gasteiger partial charge on any atom is -0.303 e. The molecule has 1 aliphatic heterocycles. The van der Waals surface area contributed by atoms with Crippen molar-refractivity contribution in [2.24, 2.45) is 17.8 Å². The highest BCUT2D eigenvalue weighted by Crippen LogP contribution is 2.23. The van der Waals surface area contributed by atoms with E-state index >= 15 is 0 Å². The summed E-state index contributed by atoms with van der Waals surface area (Å²) in [5.74, 6) is 2.67. The van der Waals surface area contributed by atoms with Crippen molar-refractivity contribution < 1.29 is 0 Å². The molecule has 0 N–H and O–H groups in total. The maximum atomic E-state index is 2.62. The lowest BCUT2D eigenvalue weighted by atomic mass is 9.95. The Hall–Kier alpha value is -0.0400. The van der Waals surface area contributed by atoms with Crippen LogP contribution in [-0.4, -0.2) is 24.5 Å². The molecule has 1 nitrogen and oxygen atoms in total. The minimum atomic E-state index is 0.830. The molecule has 0 aliphatic carbocycles. The van der Waals surface area contributed by atoms with Gasteiger partial charge in [0.05, 0.1) is 0 Å². The van der Waals surface area contributed by atoms with Gasteiger partial charge in [-0.15, -0.1) is 0 Å². The zero-order valence-electron chi connectivity index (χ0n) is 9.01. The van der Waals surface area contributed by atoms with Crippen LogP contribution in [0.3, 0.4) is 0 Å². The van der Waals surface area contributed by atoms with Crippen LogP contribution in [-0.2, 0) is 0 Å². The average molecular weight is 169 g/mol. The van der Waals surface area contributed by atoms with Gasteiger partial charge in [-0.2, -0.15) is 0 Å². The summed E-state index contributed by atoms with van der Waals surface area (Å²) in [7, 11) is 0. The Morgan fingerprint density at radius 2 is 1.92 bits per heavy atom. The predicted octanol–water partition coefficient (Wildman–Crippen LogP) is 2.62. The molecule has 0 saturated carbocycles. The second kappa shape index (κ2) is 4.27. The Morgan fingerprint density at radius 3 is 2.33 bits per heavy atom. The smallest absolute Gasteiger partial charge is 0.00127 e. The summed E-state index contributed by atoms with van der Waals surface area (Å²) in [4.78, 5) is 2.62. The number of likely N-dealkylation sites (tertiary alicyclic amines) is 1. The number of rotatable bonds is 3. The molecule has 1 fully saturated rings. The van der Waals surface area contributed by atoms with Crippen molar-refractivity contribution in [1.29, 1.82) is 0 Å². The van der Waals surface area contributed by atoms with Gasteiger partial charge in [-0.3, -0.25) is 0 Å². The fraction of sp³-hybridized carbons (Fsp3) is 1.00. The van der Waals surface area contributed by atoms with Crippen molar-refractivity contribution in [2.45, 2.75) is 34.1 Å². The highest BCUT2D eigenvalue weighted by Gasteiger charge is 2.24. The third kappa shape index (κ3) is 2.78. The summed E-state index contributed by atoms with van der Waals surface area (Å²) in [6.07, 6.45) is 1.42. The highest BCUT2D eigenvalue weighted by molar-refractivity contribution is 4.77. The van der Waals surface area contributed by atoms with Gasteiger partial charge >= 0.3 is 0 Å². The second-order valence-electron chi connectivity index (χ2n) is 4.95. The van der Waals surface area contributed by atoms with Crippen molar-refractivity contribution >= 4 is 0 Å². The number of nitrogens with zero attached hydrogens (tertiary/aromatic N) is 1. The first kappa shape index (κ1) is 10.0. The van der Waals surface area contributed by atoms with E-state index < -0.39 is 0 Å². The third-order valence-corrected chi connectivity index (χ3v) is 2.87. The van der Waals surface area contributed by atoms with E-state index in [1.165, 1.54) is 26.1 Å². The van der Waals surface area contributed by atoms with Crippen LogP contribution < -0.4 is 0 Å². The molecule has 0 amide bonds. The zero-order valence-corrected chi connectivity index (χ0v) is 9.01. The average Bonchev–Trinajstić information content (AvgIpc) is 2.34. The summed E-state index contributed by atoms with van der Waals surface area (Å²) in [6.45, 7) is 13.3. The van der Waals surface area contributed by atoms with Crippen molar-refractivity contribution in [3.63, 3.8) is 0 Å². The van der Waals surface area contributed by atoms with E-state index in [9.17, 15) is 0 Å². The van der Waals surface area contributed by atoms with Gasteiger partial charge in [0.1, 0.15) is 0 Å². The molecule has 1 aliphatic rings. The molecule has 1 heterocycles. The standard InChI is InChI=1S/C11H23N/c1-9(2)7-12-6-5-11(8-12)10(3)4/h9-11H,5-8H2,1-4H3/t11-/m1/s1. The molecule has 0 aromatic carbocycles. The molecular formula is C11H23N. The fourth-order valence-corrected chi connectivity index (χ4v) is 2.09. The molecule has 12 heavy (non-hydrogen) atoms. The minimum absolute atomic E-state index is 0.830. The quantitative estimate of drug-likeness (QED) is 0.628. The Kier molecular flexibility index (Phi) is 3.57. The Balaban J connectivity index is 2.26. The SMILES string of the molecule is CC(C)CN1CC[C@@H](C(C)C)C1. The van der Waals surface area contributed by atoms with E-state index in [1.807, 2.05) is 0 Å². The number of hydrogen-bond donors (Lipinski definition) is 0. The largest absolute Gasteiger partial charge is 0.303 e. The zero-order chi connectivity index (χ0) is 9.14. The first-order valence-corrected chi connectivity index (χ1v) is 5.32. The summed E-state index contributed by atoms with van der Waals surface area (Å²) in [6, 6.07) is 0. The molecule has 1 heteroatoms. The maximum absolute atomic E-state index is 2.62. The van der Waals surface area contributed by atoms with Gasteiger partial charge in [0.15, 0.2) is 0 Å². The molecule has 0 spiro atoms. The predicted molar refractivity (Wildman–Crippen MR) is 54.2 cm³/mol. The lowest BCUT2D eigenvalue weighted by Gasteiger charge is -2.19. The molecule has 0 radical (unpaired) electrons. The van der Waals surface area contributed by atoms with Gasteiger partial charge in [-0.25, -0.2) is 0 Å². The monoisotopic (exact) mass is 169 g/mol. The van der Waals surface area contributed by atoms with Gasteiger partial charge in [0.25, 0.3) is 0 Å². The van der Waals surface area contributed by atoms with Crippen LogP contribution in [0.25, 0.3) is 0 Å². The number of hydrogen-bond acceptors (Lipinski definition) is 1. The van der Waals surface area contributed by atoms with Gasteiger partial charge in [-0.05, 0) is 30.7 Å². The van der Waals surface area contributed by atoms with Gasteiger partial charge < -0.3 is 4.90 Å². The van der Waals surface area contributed by atoms with Crippen LogP contribution in [0.2, 0.25) is 0 Å². The molecule has 72 valence electrons. The molecule has 1 saturated heterocycles. The fourth-order valence-electron chi connectivity index (χ4n) is 2.09. The Bertz CT molecular complexity index is 129. The highest BCUT2D eigenvalue weighted by atomic mass is 15.1. The second-order valence-corrected chi connectivity index (χ2v) is 4.95. The molecular weight excluding hydrogens is 146 g/mol. The first-order chi connectivity index (χ1) is 5.59. The van der Waals surface area contributed by atoms with Crippen LogP contribution in [0.4, 0.5) is 0 Å². The molecule has 0 aromatic rings. The lowest BCUT2D eigenvalue weighted by Crippen LogP contribution is -2.26. The summed E-state index contributed by atoms with van der Waals surface area (Å²) < 4.78 is 0. The molecule has 0 bridgehead atoms. The lowest BCUT2D eigenvalue weighted by molar-refractivity contribution is 0.273. The van der Waals surface area contributed by atoms with E-state index in [2.05, 4.69) is 32.6 Å². The van der Waals surface area contributed by atoms with Crippen LogP contribution in [0.5, 0.6) is 0 Å². The molecule has 1 rings (SSSR count). The van der Waals surface area contributed by atoms with Crippen molar-refractivity contribution in [3.8, 4) is 0 Å². The van der Waals surface area contributed by atoms with E-state index in [1.54, 1.807) is 0 Å². The normalized spacial score (nSPS) is 26.0. The summed E-state index contributed by atoms with van der Waals surface area (Å²) in [5, 5.41) is 0. The van der Waals surface area contributed by atoms with Crippen molar-refractivity contribution in [3.05, 3.63) is 0 Å². The van der Waals surface area contributed by atoms with Crippen molar-refractivity contribution in [2.75, 3.05) is 19.6 Å². The van der Waals surface area contributed by atoms with E-state index in [-0.39, 0.29) is 0 Å². The van der Waals surface area contributed by atoms with Crippen molar-refractivity contribution in [1.82, 2.24) is 4.90 Å². The molecule has 1 atom stereocenters. The first-order valence-electron chi connectivity index (χ1n) is 5.32. The Morgan fingerprint density at radius 1 is 1.25 bits per heavy atom. The van der Waals surface area contributed by atoms with E-state index in [4.69, 9.17) is 0 Å². The summed E-state index contributed by atoms with van der Waals surface area (Å²) in [5.41, 5.74) is 0. The van der Waals surface area contributed by atoms with Crippen LogP contribution in [0, 0.1) is 17.8 Å². The van der Waals surface area contributed by atoms with Crippen LogP contribution >= 0.6 is 0 Å². The van der Waals surface area contributed by atoms with Gasteiger partial charge in [0, 0.05) is 13.1 Å². The van der Waals surface area contributed by atoms with Gasteiger partial charge in [0.2, 0.25) is 0 Å². The summed E-state index contributed by atoms with van der Waals surface area (Å²) >= 11 is 0. The van der Waals surface area contributed by atoms with Crippen LogP contribution in [0.1, 0.15) is 34.1 Å². The van der Waals surface area contributed by atoms with Gasteiger partial charge in [-0.1, -0.05) is 27.7 Å².